The molecule has 3 rings (SSSR count). The third-order valence-corrected chi connectivity index (χ3v) is 3.26. The molecule has 4 nitrogen and oxygen atoms in total. The van der Waals surface area contributed by atoms with Gasteiger partial charge in [-0.1, -0.05) is 17.7 Å². The molecule has 4 heteroatoms. The average Bonchev–Trinajstić information content (AvgIpc) is 3.31. The highest BCUT2D eigenvalue weighted by Crippen LogP contribution is 2.18. The van der Waals surface area contributed by atoms with Gasteiger partial charge in [0.05, 0.1) is 6.61 Å². The van der Waals surface area contributed by atoms with Gasteiger partial charge in [-0.3, -0.25) is 4.79 Å². The molecule has 1 N–H and O–H groups in total. The number of hydrogen-bond donors (Lipinski definition) is 1. The second-order valence-electron chi connectivity index (χ2n) is 5.11. The second-order valence-corrected chi connectivity index (χ2v) is 5.11. The number of carbonyl (C=O) groups is 1. The highest BCUT2D eigenvalue weighted by Gasteiger charge is 2.22. The maximum absolute atomic E-state index is 12.1. The molecule has 1 amide bonds. The molecule has 1 aliphatic heterocycles. The van der Waals surface area contributed by atoms with Crippen LogP contribution in [-0.4, -0.2) is 25.2 Å². The largest absolute Gasteiger partial charge is 0.491 e. The summed E-state index contributed by atoms with van der Waals surface area (Å²) in [5.74, 6) is 0.661. The van der Waals surface area contributed by atoms with Gasteiger partial charge >= 0.3 is 0 Å². The summed E-state index contributed by atoms with van der Waals surface area (Å²) in [7, 11) is 0. The van der Waals surface area contributed by atoms with Crippen molar-refractivity contribution in [3.8, 4) is 5.75 Å². The van der Waals surface area contributed by atoms with Gasteiger partial charge in [-0.15, -0.1) is 0 Å². The Morgan fingerprint density at radius 2 is 1.86 bits per heavy atom. The van der Waals surface area contributed by atoms with Crippen LogP contribution >= 0.6 is 0 Å². The van der Waals surface area contributed by atoms with Gasteiger partial charge in [-0.25, -0.2) is 0 Å². The number of rotatable bonds is 5. The molecule has 0 radical (unpaired) electrons. The van der Waals surface area contributed by atoms with E-state index in [9.17, 15) is 4.79 Å². The Morgan fingerprint density at radius 3 is 2.48 bits per heavy atom. The molecule has 0 bridgehead atoms. The third kappa shape index (κ3) is 3.83. The Balaban J connectivity index is 1.58. The van der Waals surface area contributed by atoms with Crippen LogP contribution < -0.4 is 10.1 Å². The van der Waals surface area contributed by atoms with Gasteiger partial charge in [0.25, 0.3) is 5.91 Å². The van der Waals surface area contributed by atoms with Crippen LogP contribution in [0.1, 0.15) is 15.9 Å². The lowest BCUT2D eigenvalue weighted by molar-refractivity contribution is 0.102. The van der Waals surface area contributed by atoms with E-state index >= 15 is 0 Å². The van der Waals surface area contributed by atoms with Crippen LogP contribution in [0.4, 0.5) is 5.69 Å². The summed E-state index contributed by atoms with van der Waals surface area (Å²) in [5.41, 5.74) is 2.52. The number of hydrogen-bond acceptors (Lipinski definition) is 3. The van der Waals surface area contributed by atoms with Crippen LogP contribution in [0.25, 0.3) is 0 Å². The zero-order valence-electron chi connectivity index (χ0n) is 11.8. The molecular weight excluding hydrogens is 266 g/mol. The molecule has 1 saturated heterocycles. The van der Waals surface area contributed by atoms with Crippen molar-refractivity contribution in [2.24, 2.45) is 0 Å². The van der Waals surface area contributed by atoms with E-state index < -0.39 is 0 Å². The molecule has 108 valence electrons. The Bertz CT molecular complexity index is 615. The van der Waals surface area contributed by atoms with E-state index in [-0.39, 0.29) is 12.0 Å². The maximum atomic E-state index is 12.1. The first-order chi connectivity index (χ1) is 10.2. The molecule has 2 aromatic carbocycles. The number of nitrogens with one attached hydrogen (secondary N) is 1. The maximum Gasteiger partial charge on any atom is 0.255 e. The van der Waals surface area contributed by atoms with E-state index in [1.165, 1.54) is 0 Å². The van der Waals surface area contributed by atoms with Crippen LogP contribution in [0.3, 0.4) is 0 Å². The van der Waals surface area contributed by atoms with Gasteiger partial charge in [0.2, 0.25) is 0 Å². The minimum absolute atomic E-state index is 0.116. The van der Waals surface area contributed by atoms with Crippen molar-refractivity contribution in [1.82, 2.24) is 0 Å². The fourth-order valence-electron chi connectivity index (χ4n) is 1.90. The Labute approximate surface area is 123 Å². The number of epoxide rings is 1. The van der Waals surface area contributed by atoms with Crippen molar-refractivity contribution in [3.05, 3.63) is 59.7 Å². The number of aryl methyl sites for hydroxylation is 1. The highest BCUT2D eigenvalue weighted by molar-refractivity contribution is 6.04. The van der Waals surface area contributed by atoms with Crippen molar-refractivity contribution in [3.63, 3.8) is 0 Å². The fourth-order valence-corrected chi connectivity index (χ4v) is 1.90. The number of amides is 1. The van der Waals surface area contributed by atoms with E-state index in [1.807, 2.05) is 55.5 Å². The van der Waals surface area contributed by atoms with Crippen molar-refractivity contribution in [2.45, 2.75) is 13.0 Å². The van der Waals surface area contributed by atoms with Crippen molar-refractivity contribution in [2.75, 3.05) is 18.5 Å². The fraction of sp³-hybridized carbons (Fsp3) is 0.235. The number of ether oxygens (including phenoxy) is 2. The summed E-state index contributed by atoms with van der Waals surface area (Å²) in [6, 6.07) is 14.8. The van der Waals surface area contributed by atoms with Gasteiger partial charge in [0.15, 0.2) is 0 Å². The minimum Gasteiger partial charge on any atom is -0.491 e. The first kappa shape index (κ1) is 13.6. The molecule has 1 unspecified atom stereocenters. The van der Waals surface area contributed by atoms with Crippen molar-refractivity contribution < 1.29 is 14.3 Å². The minimum atomic E-state index is -0.116. The predicted octanol–water partition coefficient (Wildman–Crippen LogP) is 3.02. The second kappa shape index (κ2) is 5.97. The van der Waals surface area contributed by atoms with E-state index in [2.05, 4.69) is 5.32 Å². The van der Waals surface area contributed by atoms with Crippen LogP contribution in [0.15, 0.2) is 48.5 Å². The zero-order valence-corrected chi connectivity index (χ0v) is 11.8. The molecule has 0 aromatic heterocycles. The summed E-state index contributed by atoms with van der Waals surface area (Å²) in [6.07, 6.45) is 0.242. The van der Waals surface area contributed by atoms with Crippen molar-refractivity contribution >= 4 is 11.6 Å². The van der Waals surface area contributed by atoms with Crippen LogP contribution in [-0.2, 0) is 4.74 Å². The molecule has 0 aliphatic carbocycles. The highest BCUT2D eigenvalue weighted by atomic mass is 16.6. The lowest BCUT2D eigenvalue weighted by atomic mass is 10.1. The topological polar surface area (TPSA) is 50.9 Å². The van der Waals surface area contributed by atoms with E-state index in [0.717, 1.165) is 23.6 Å². The van der Waals surface area contributed by atoms with E-state index in [4.69, 9.17) is 9.47 Å². The first-order valence-corrected chi connectivity index (χ1v) is 6.93. The smallest absolute Gasteiger partial charge is 0.255 e. The first-order valence-electron chi connectivity index (χ1n) is 6.93. The lowest BCUT2D eigenvalue weighted by Crippen LogP contribution is -2.11. The van der Waals surface area contributed by atoms with Gasteiger partial charge in [-0.05, 0) is 43.3 Å². The molecule has 1 aliphatic rings. The van der Waals surface area contributed by atoms with Crippen LogP contribution in [0, 0.1) is 6.92 Å². The monoisotopic (exact) mass is 283 g/mol. The lowest BCUT2D eigenvalue weighted by Gasteiger charge is -2.08. The number of benzene rings is 2. The molecule has 1 atom stereocenters. The summed E-state index contributed by atoms with van der Waals surface area (Å²) in [4.78, 5) is 12.1. The van der Waals surface area contributed by atoms with E-state index in [0.29, 0.717) is 12.2 Å². The Kier molecular flexibility index (Phi) is 3.88. The quantitative estimate of drug-likeness (QED) is 0.858. The number of anilines is 1. The summed E-state index contributed by atoms with van der Waals surface area (Å²) >= 11 is 0. The molecular formula is C17H17NO3. The zero-order chi connectivity index (χ0) is 14.7. The normalized spacial score (nSPS) is 16.3. The van der Waals surface area contributed by atoms with E-state index in [1.54, 1.807) is 0 Å². The summed E-state index contributed by atoms with van der Waals surface area (Å²) < 4.78 is 10.6. The molecule has 1 heterocycles. The third-order valence-electron chi connectivity index (χ3n) is 3.26. The average molecular weight is 283 g/mol. The van der Waals surface area contributed by atoms with Crippen molar-refractivity contribution in [1.29, 1.82) is 0 Å². The molecule has 1 fully saturated rings. The van der Waals surface area contributed by atoms with Gasteiger partial charge in [0.1, 0.15) is 18.5 Å². The Morgan fingerprint density at radius 1 is 1.19 bits per heavy atom. The summed E-state index contributed by atoms with van der Waals surface area (Å²) in [5, 5.41) is 2.86. The standard InChI is InChI=1S/C17H17NO3/c1-12-2-4-13(5-3-12)17(19)18-14-6-8-15(9-7-14)20-10-16-11-21-16/h2-9,16H,10-11H2,1H3,(H,18,19). The summed E-state index contributed by atoms with van der Waals surface area (Å²) in [6.45, 7) is 3.35. The Hall–Kier alpha value is -2.33. The van der Waals surface area contributed by atoms with Crippen LogP contribution in [0.2, 0.25) is 0 Å². The predicted molar refractivity (Wildman–Crippen MR) is 80.8 cm³/mol. The molecule has 0 saturated carbocycles. The number of carbonyl (C=O) groups excluding carboxylic acids is 1. The van der Waals surface area contributed by atoms with Gasteiger partial charge in [-0.2, -0.15) is 0 Å². The van der Waals surface area contributed by atoms with Gasteiger partial charge < -0.3 is 14.8 Å². The van der Waals surface area contributed by atoms with Gasteiger partial charge in [0, 0.05) is 11.3 Å². The van der Waals surface area contributed by atoms with Crippen LogP contribution in [0.5, 0.6) is 5.75 Å². The molecule has 2 aromatic rings. The SMILES string of the molecule is Cc1ccc(C(=O)Nc2ccc(OCC3CO3)cc2)cc1. The molecule has 0 spiro atoms. The molecule has 21 heavy (non-hydrogen) atoms.